The second kappa shape index (κ2) is 7.03. The molecule has 0 amide bonds. The maximum Gasteiger partial charge on any atom is 0.167 e. The van der Waals surface area contributed by atoms with E-state index >= 15 is 0 Å². The number of nitrogens with one attached hydrogen (secondary N) is 1. The molecular weight excluding hydrogens is 332 g/mol. The Labute approximate surface area is 152 Å². The number of Topliss-reactive ketones (excluding diaryl/α,β-unsaturated/α-hetero) is 1. The molecule has 1 N–H and O–H groups in total. The van der Waals surface area contributed by atoms with Gasteiger partial charge in [-0.3, -0.25) is 9.69 Å². The Hall–Kier alpha value is -2.10. The quantitative estimate of drug-likeness (QED) is 0.677. The number of likely N-dealkylation sites (tertiary alicyclic amines) is 1. The molecule has 1 saturated heterocycles. The first-order valence-electron chi connectivity index (χ1n) is 8.78. The average molecular weight is 353 g/mol. The summed E-state index contributed by atoms with van der Waals surface area (Å²) >= 11 is 5.93. The fraction of sp³-hybridized carbons (Fsp3) is 0.286. The number of aromatic nitrogens is 1. The summed E-state index contributed by atoms with van der Waals surface area (Å²) in [5.41, 5.74) is 3.14. The minimum atomic E-state index is 0.0688. The van der Waals surface area contributed by atoms with Crippen molar-refractivity contribution in [3.63, 3.8) is 0 Å². The van der Waals surface area contributed by atoms with E-state index in [1.807, 2.05) is 18.2 Å². The summed E-state index contributed by atoms with van der Waals surface area (Å²) in [5, 5.41) is 1.91. The van der Waals surface area contributed by atoms with Crippen LogP contribution >= 0.6 is 11.6 Å². The number of ketones is 1. The molecule has 4 heteroatoms. The van der Waals surface area contributed by atoms with E-state index in [4.69, 9.17) is 11.6 Å². The van der Waals surface area contributed by atoms with Crippen LogP contribution in [0.4, 0.5) is 0 Å². The van der Waals surface area contributed by atoms with Crippen LogP contribution in [0.1, 0.15) is 28.9 Å². The van der Waals surface area contributed by atoms with E-state index in [0.29, 0.717) is 5.02 Å². The summed E-state index contributed by atoms with van der Waals surface area (Å²) in [5.74, 6) is 0.303. The molecule has 1 atom stereocenters. The van der Waals surface area contributed by atoms with Crippen LogP contribution in [0.3, 0.4) is 0 Å². The van der Waals surface area contributed by atoms with Crippen molar-refractivity contribution in [3.8, 4) is 0 Å². The minimum Gasteiger partial charge on any atom is -0.357 e. The van der Waals surface area contributed by atoms with Gasteiger partial charge in [-0.05, 0) is 61.2 Å². The zero-order valence-electron chi connectivity index (χ0n) is 14.0. The van der Waals surface area contributed by atoms with Gasteiger partial charge in [0.1, 0.15) is 0 Å². The first-order chi connectivity index (χ1) is 12.2. The fourth-order valence-electron chi connectivity index (χ4n) is 3.72. The maximum absolute atomic E-state index is 12.8. The molecule has 0 radical (unpaired) electrons. The van der Waals surface area contributed by atoms with Crippen molar-refractivity contribution in [3.05, 3.63) is 70.9 Å². The van der Waals surface area contributed by atoms with E-state index in [2.05, 4.69) is 34.1 Å². The van der Waals surface area contributed by atoms with Crippen LogP contribution < -0.4 is 0 Å². The first-order valence-corrected chi connectivity index (χ1v) is 9.15. The molecule has 1 aromatic heterocycles. The monoisotopic (exact) mass is 352 g/mol. The maximum atomic E-state index is 12.8. The van der Waals surface area contributed by atoms with E-state index in [-0.39, 0.29) is 11.7 Å². The molecular formula is C21H21ClN2O. The van der Waals surface area contributed by atoms with E-state index in [1.165, 1.54) is 16.6 Å². The Morgan fingerprint density at radius 2 is 1.96 bits per heavy atom. The highest BCUT2D eigenvalue weighted by molar-refractivity contribution is 6.30. The molecule has 0 bridgehead atoms. The smallest absolute Gasteiger partial charge is 0.167 e. The summed E-state index contributed by atoms with van der Waals surface area (Å²) in [6.45, 7) is 2.72. The second-order valence-electron chi connectivity index (χ2n) is 6.83. The predicted molar refractivity (Wildman–Crippen MR) is 102 cm³/mol. The molecule has 2 heterocycles. The number of carbonyl (C=O) groups excluding carboxylic acids is 1. The number of piperidine rings is 1. The minimum absolute atomic E-state index is 0.0688. The zero-order valence-corrected chi connectivity index (χ0v) is 14.8. The summed E-state index contributed by atoms with van der Waals surface area (Å²) < 4.78 is 0. The number of rotatable bonds is 4. The molecule has 128 valence electrons. The van der Waals surface area contributed by atoms with E-state index < -0.39 is 0 Å². The van der Waals surface area contributed by atoms with Gasteiger partial charge >= 0.3 is 0 Å². The normalized spacial score (nSPS) is 18.5. The number of benzene rings is 2. The molecule has 0 aliphatic carbocycles. The van der Waals surface area contributed by atoms with Gasteiger partial charge in [0.15, 0.2) is 5.78 Å². The number of hydrogen-bond donors (Lipinski definition) is 1. The van der Waals surface area contributed by atoms with Gasteiger partial charge in [0.2, 0.25) is 0 Å². The van der Waals surface area contributed by atoms with Crippen molar-refractivity contribution < 1.29 is 4.79 Å². The highest BCUT2D eigenvalue weighted by atomic mass is 35.5. The van der Waals surface area contributed by atoms with Gasteiger partial charge in [-0.1, -0.05) is 29.8 Å². The first kappa shape index (κ1) is 16.4. The van der Waals surface area contributed by atoms with Crippen molar-refractivity contribution in [2.24, 2.45) is 5.92 Å². The molecule has 1 aliphatic rings. The Morgan fingerprint density at radius 1 is 1.16 bits per heavy atom. The van der Waals surface area contributed by atoms with Crippen LogP contribution in [0.2, 0.25) is 5.02 Å². The van der Waals surface area contributed by atoms with E-state index in [1.54, 1.807) is 12.1 Å². The van der Waals surface area contributed by atoms with Gasteiger partial charge in [-0.25, -0.2) is 0 Å². The molecule has 2 aromatic carbocycles. The predicted octanol–water partition coefficient (Wildman–Crippen LogP) is 4.92. The van der Waals surface area contributed by atoms with E-state index in [9.17, 15) is 4.79 Å². The second-order valence-corrected chi connectivity index (χ2v) is 7.26. The number of halogens is 1. The fourth-order valence-corrected chi connectivity index (χ4v) is 3.85. The third-order valence-corrected chi connectivity index (χ3v) is 5.24. The molecule has 0 saturated carbocycles. The number of fused-ring (bicyclic) bond motifs is 1. The molecule has 3 aromatic rings. The molecule has 1 fully saturated rings. The van der Waals surface area contributed by atoms with Crippen LogP contribution in [0, 0.1) is 5.92 Å². The molecule has 1 unspecified atom stereocenters. The van der Waals surface area contributed by atoms with Crippen molar-refractivity contribution in [1.29, 1.82) is 0 Å². The highest BCUT2D eigenvalue weighted by Gasteiger charge is 2.26. The third kappa shape index (κ3) is 3.63. The summed E-state index contributed by atoms with van der Waals surface area (Å²) in [6.07, 6.45) is 2.02. The lowest BCUT2D eigenvalue weighted by Gasteiger charge is -2.31. The molecule has 4 rings (SSSR count). The van der Waals surface area contributed by atoms with Gasteiger partial charge < -0.3 is 4.98 Å². The van der Waals surface area contributed by atoms with Crippen LogP contribution in [0.15, 0.2) is 54.6 Å². The summed E-state index contributed by atoms with van der Waals surface area (Å²) in [7, 11) is 0. The molecule has 3 nitrogen and oxygen atoms in total. The summed E-state index contributed by atoms with van der Waals surface area (Å²) in [4.78, 5) is 18.6. The van der Waals surface area contributed by atoms with Crippen LogP contribution in [0.25, 0.3) is 10.9 Å². The Balaban J connectivity index is 1.45. The average Bonchev–Trinajstić information content (AvgIpc) is 3.04. The number of aromatic amines is 1. The molecule has 25 heavy (non-hydrogen) atoms. The van der Waals surface area contributed by atoms with Gasteiger partial charge in [-0.2, -0.15) is 0 Å². The van der Waals surface area contributed by atoms with E-state index in [0.717, 1.165) is 38.0 Å². The number of carbonyl (C=O) groups is 1. The Bertz CT molecular complexity index is 851. The number of H-pyrrole nitrogens is 1. The van der Waals surface area contributed by atoms with Crippen LogP contribution in [-0.4, -0.2) is 28.8 Å². The van der Waals surface area contributed by atoms with Gasteiger partial charge in [-0.15, -0.1) is 0 Å². The van der Waals surface area contributed by atoms with Crippen LogP contribution in [-0.2, 0) is 6.54 Å². The SMILES string of the molecule is O=C(c1ccc(Cl)cc1)C1CCCN(Cc2cc3ccccc3[nH]2)C1. The number of hydrogen-bond acceptors (Lipinski definition) is 2. The lowest BCUT2D eigenvalue weighted by atomic mass is 9.90. The lowest BCUT2D eigenvalue weighted by molar-refractivity contribution is 0.0810. The zero-order chi connectivity index (χ0) is 17.2. The molecule has 0 spiro atoms. The summed E-state index contributed by atoms with van der Waals surface area (Å²) in [6, 6.07) is 17.8. The van der Waals surface area contributed by atoms with Gasteiger partial charge in [0, 0.05) is 40.8 Å². The van der Waals surface area contributed by atoms with Gasteiger partial charge in [0.05, 0.1) is 0 Å². The lowest BCUT2D eigenvalue weighted by Crippen LogP contribution is -2.38. The standard InChI is InChI=1S/C21H21ClN2O/c22-18-9-7-15(8-10-18)21(25)17-5-3-11-24(13-17)14-19-12-16-4-1-2-6-20(16)23-19/h1-2,4,6-10,12,17,23H,3,5,11,13-14H2. The van der Waals surface area contributed by atoms with Crippen molar-refractivity contribution in [2.75, 3.05) is 13.1 Å². The van der Waals surface area contributed by atoms with Crippen molar-refractivity contribution in [2.45, 2.75) is 19.4 Å². The third-order valence-electron chi connectivity index (χ3n) is 4.98. The topological polar surface area (TPSA) is 36.1 Å². The van der Waals surface area contributed by atoms with Crippen molar-refractivity contribution >= 4 is 28.3 Å². The largest absolute Gasteiger partial charge is 0.357 e. The number of para-hydroxylation sites is 1. The molecule has 1 aliphatic heterocycles. The number of nitrogens with zero attached hydrogens (tertiary/aromatic N) is 1. The Kier molecular flexibility index (Phi) is 4.60. The Morgan fingerprint density at radius 3 is 2.76 bits per heavy atom. The van der Waals surface area contributed by atoms with Crippen molar-refractivity contribution in [1.82, 2.24) is 9.88 Å². The highest BCUT2D eigenvalue weighted by Crippen LogP contribution is 2.24. The van der Waals surface area contributed by atoms with Gasteiger partial charge in [0.25, 0.3) is 0 Å². The van der Waals surface area contributed by atoms with Crippen LogP contribution in [0.5, 0.6) is 0 Å².